The van der Waals surface area contributed by atoms with E-state index in [1.807, 2.05) is 0 Å². The van der Waals surface area contributed by atoms with Crippen molar-refractivity contribution in [2.75, 3.05) is 0 Å². The van der Waals surface area contributed by atoms with Crippen molar-refractivity contribution in [3.63, 3.8) is 0 Å². The van der Waals surface area contributed by atoms with Gasteiger partial charge in [0, 0.05) is 5.33 Å². The van der Waals surface area contributed by atoms with Crippen molar-refractivity contribution >= 4 is 15.9 Å². The standard InChI is InChI=1S/C21H13BrF6/c22-12-19-17(13-4-8-15(9-5-13)20(23,24)25)2-1-3-18(19)14-6-10-16(11-7-14)21(26,27)28/h1-11H,12H2. The first kappa shape index (κ1) is 20.5. The van der Waals surface area contributed by atoms with Gasteiger partial charge in [0.15, 0.2) is 0 Å². The largest absolute Gasteiger partial charge is 0.416 e. The van der Waals surface area contributed by atoms with E-state index in [1.165, 1.54) is 24.3 Å². The summed E-state index contributed by atoms with van der Waals surface area (Å²) >= 11 is 3.39. The predicted octanol–water partition coefficient (Wildman–Crippen LogP) is 7.95. The van der Waals surface area contributed by atoms with Crippen LogP contribution < -0.4 is 0 Å². The average Bonchev–Trinajstić information content (AvgIpc) is 2.66. The SMILES string of the molecule is FC(F)(F)c1ccc(-c2cccc(-c3ccc(C(F)(F)F)cc3)c2CBr)cc1. The van der Waals surface area contributed by atoms with Crippen molar-refractivity contribution in [1.82, 2.24) is 0 Å². The molecule has 0 fully saturated rings. The zero-order valence-electron chi connectivity index (χ0n) is 14.2. The van der Waals surface area contributed by atoms with Crippen LogP contribution in [0.3, 0.4) is 0 Å². The Kier molecular flexibility index (Phi) is 5.57. The Hall–Kier alpha value is -2.28. The Labute approximate surface area is 166 Å². The molecule has 7 heteroatoms. The first-order valence-corrected chi connectivity index (χ1v) is 9.26. The second-order valence-corrected chi connectivity index (χ2v) is 6.68. The van der Waals surface area contributed by atoms with Gasteiger partial charge in [0.05, 0.1) is 11.1 Å². The molecular formula is C21H13BrF6. The fourth-order valence-electron chi connectivity index (χ4n) is 2.95. The Morgan fingerprint density at radius 1 is 0.571 bits per heavy atom. The molecule has 0 unspecified atom stereocenters. The number of hydrogen-bond donors (Lipinski definition) is 0. The highest BCUT2D eigenvalue weighted by Crippen LogP contribution is 2.37. The lowest BCUT2D eigenvalue weighted by Crippen LogP contribution is -2.04. The maximum absolute atomic E-state index is 12.8. The summed E-state index contributed by atoms with van der Waals surface area (Å²) in [4.78, 5) is 0. The molecule has 0 spiro atoms. The first-order chi connectivity index (χ1) is 13.1. The van der Waals surface area contributed by atoms with E-state index in [-0.39, 0.29) is 0 Å². The maximum atomic E-state index is 12.8. The third kappa shape index (κ3) is 4.24. The van der Waals surface area contributed by atoms with Crippen molar-refractivity contribution in [2.45, 2.75) is 17.7 Å². The molecule has 0 aliphatic rings. The summed E-state index contributed by atoms with van der Waals surface area (Å²) in [6, 6.07) is 14.9. The van der Waals surface area contributed by atoms with Crippen LogP contribution in [0.5, 0.6) is 0 Å². The van der Waals surface area contributed by atoms with Gasteiger partial charge in [0.1, 0.15) is 0 Å². The molecule has 0 nitrogen and oxygen atoms in total. The Bertz CT molecular complexity index is 878. The third-order valence-corrected chi connectivity index (χ3v) is 4.92. The molecule has 0 saturated heterocycles. The number of benzene rings is 3. The van der Waals surface area contributed by atoms with Crippen molar-refractivity contribution in [2.24, 2.45) is 0 Å². The molecule has 28 heavy (non-hydrogen) atoms. The highest BCUT2D eigenvalue weighted by molar-refractivity contribution is 9.08. The second-order valence-electron chi connectivity index (χ2n) is 6.12. The summed E-state index contributed by atoms with van der Waals surface area (Å²) in [6.45, 7) is 0. The van der Waals surface area contributed by atoms with E-state index in [0.29, 0.717) is 27.6 Å². The van der Waals surface area contributed by atoms with Gasteiger partial charge in [-0.25, -0.2) is 0 Å². The van der Waals surface area contributed by atoms with Gasteiger partial charge >= 0.3 is 12.4 Å². The van der Waals surface area contributed by atoms with Crippen LogP contribution in [0.25, 0.3) is 22.3 Å². The van der Waals surface area contributed by atoms with E-state index >= 15 is 0 Å². The molecule has 0 radical (unpaired) electrons. The number of hydrogen-bond acceptors (Lipinski definition) is 0. The van der Waals surface area contributed by atoms with Gasteiger partial charge in [-0.1, -0.05) is 58.4 Å². The van der Waals surface area contributed by atoms with Crippen molar-refractivity contribution < 1.29 is 26.3 Å². The highest BCUT2D eigenvalue weighted by atomic mass is 79.9. The van der Waals surface area contributed by atoms with Crippen LogP contribution in [-0.2, 0) is 17.7 Å². The maximum Gasteiger partial charge on any atom is 0.416 e. The number of halogens is 7. The van der Waals surface area contributed by atoms with Crippen LogP contribution in [-0.4, -0.2) is 0 Å². The monoisotopic (exact) mass is 458 g/mol. The van der Waals surface area contributed by atoms with Gasteiger partial charge in [-0.05, 0) is 52.1 Å². The summed E-state index contributed by atoms with van der Waals surface area (Å²) in [5, 5.41) is 0.389. The molecular weight excluding hydrogens is 446 g/mol. The van der Waals surface area contributed by atoms with E-state index in [1.54, 1.807) is 18.2 Å². The van der Waals surface area contributed by atoms with Crippen LogP contribution in [0.15, 0.2) is 66.7 Å². The summed E-state index contributed by atoms with van der Waals surface area (Å²) in [5.74, 6) is 0. The molecule has 3 aromatic rings. The van der Waals surface area contributed by atoms with Gasteiger partial charge in [0.25, 0.3) is 0 Å². The molecule has 0 aromatic heterocycles. The smallest absolute Gasteiger partial charge is 0.166 e. The molecule has 3 rings (SSSR count). The summed E-state index contributed by atoms with van der Waals surface area (Å²) < 4.78 is 76.7. The molecule has 0 saturated carbocycles. The summed E-state index contributed by atoms with van der Waals surface area (Å²) in [5.41, 5.74) is 1.91. The van der Waals surface area contributed by atoms with Crippen molar-refractivity contribution in [1.29, 1.82) is 0 Å². The van der Waals surface area contributed by atoms with E-state index in [0.717, 1.165) is 29.8 Å². The number of alkyl halides is 7. The van der Waals surface area contributed by atoms with Crippen LogP contribution in [0.2, 0.25) is 0 Å². The molecule has 0 aliphatic heterocycles. The van der Waals surface area contributed by atoms with Crippen LogP contribution >= 0.6 is 15.9 Å². The average molecular weight is 459 g/mol. The van der Waals surface area contributed by atoms with Crippen LogP contribution in [0, 0.1) is 0 Å². The third-order valence-electron chi connectivity index (χ3n) is 4.36. The van der Waals surface area contributed by atoms with Crippen LogP contribution in [0.1, 0.15) is 16.7 Å². The van der Waals surface area contributed by atoms with Gasteiger partial charge in [-0.2, -0.15) is 26.3 Å². The molecule has 0 heterocycles. The zero-order valence-corrected chi connectivity index (χ0v) is 15.8. The molecule has 0 N–H and O–H groups in total. The second kappa shape index (κ2) is 7.62. The van der Waals surface area contributed by atoms with E-state index in [4.69, 9.17) is 0 Å². The van der Waals surface area contributed by atoms with Crippen molar-refractivity contribution in [3.05, 3.63) is 83.4 Å². The Morgan fingerprint density at radius 2 is 0.929 bits per heavy atom. The minimum atomic E-state index is -4.42. The Balaban J connectivity index is 2.04. The topological polar surface area (TPSA) is 0 Å². The lowest BCUT2D eigenvalue weighted by atomic mass is 9.92. The quantitative estimate of drug-likeness (QED) is 0.276. The Morgan fingerprint density at radius 3 is 1.21 bits per heavy atom. The zero-order chi connectivity index (χ0) is 20.5. The molecule has 0 atom stereocenters. The molecule has 0 amide bonds. The van der Waals surface area contributed by atoms with Crippen molar-refractivity contribution in [3.8, 4) is 22.3 Å². The minimum Gasteiger partial charge on any atom is -0.166 e. The van der Waals surface area contributed by atoms with E-state index in [9.17, 15) is 26.3 Å². The van der Waals surface area contributed by atoms with Gasteiger partial charge in [-0.3, -0.25) is 0 Å². The fourth-order valence-corrected chi connectivity index (χ4v) is 3.55. The molecule has 3 aromatic carbocycles. The van der Waals surface area contributed by atoms with E-state index in [2.05, 4.69) is 15.9 Å². The summed E-state index contributed by atoms with van der Waals surface area (Å²) in [7, 11) is 0. The normalized spacial score (nSPS) is 12.2. The van der Waals surface area contributed by atoms with Crippen LogP contribution in [0.4, 0.5) is 26.3 Å². The first-order valence-electron chi connectivity index (χ1n) is 8.14. The summed E-state index contributed by atoms with van der Waals surface area (Å²) in [6.07, 6.45) is -8.84. The number of rotatable bonds is 3. The molecule has 0 bridgehead atoms. The van der Waals surface area contributed by atoms with Gasteiger partial charge in [0.2, 0.25) is 0 Å². The highest BCUT2D eigenvalue weighted by Gasteiger charge is 2.31. The predicted molar refractivity (Wildman–Crippen MR) is 99.9 cm³/mol. The lowest BCUT2D eigenvalue weighted by Gasteiger charge is -2.15. The molecule has 0 aliphatic carbocycles. The fraction of sp³-hybridized carbons (Fsp3) is 0.143. The van der Waals surface area contributed by atoms with Gasteiger partial charge < -0.3 is 0 Å². The lowest BCUT2D eigenvalue weighted by molar-refractivity contribution is -0.138. The van der Waals surface area contributed by atoms with Gasteiger partial charge in [-0.15, -0.1) is 0 Å². The molecule has 146 valence electrons. The van der Waals surface area contributed by atoms with E-state index < -0.39 is 23.5 Å². The minimum absolute atomic E-state index is 0.389.